The summed E-state index contributed by atoms with van der Waals surface area (Å²) in [4.78, 5) is 13.0. The van der Waals surface area contributed by atoms with Crippen molar-refractivity contribution in [1.29, 1.82) is 0 Å². The number of nitrogens with zero attached hydrogens (tertiary/aromatic N) is 2. The van der Waals surface area contributed by atoms with Gasteiger partial charge in [-0.25, -0.2) is 8.42 Å². The van der Waals surface area contributed by atoms with Gasteiger partial charge in [-0.3, -0.25) is 9.48 Å². The highest BCUT2D eigenvalue weighted by Crippen LogP contribution is 2.39. The molecule has 38 heavy (non-hydrogen) atoms. The molecule has 0 radical (unpaired) electrons. The minimum atomic E-state index is -4.41. The summed E-state index contributed by atoms with van der Waals surface area (Å²) in [6, 6.07) is 2.80. The molecule has 1 aromatic carbocycles. The summed E-state index contributed by atoms with van der Waals surface area (Å²) in [5, 5.41) is 9.46. The van der Waals surface area contributed by atoms with Crippen molar-refractivity contribution in [3.63, 3.8) is 0 Å². The first-order chi connectivity index (χ1) is 17.8. The number of sulfone groups is 1. The number of rotatable bonds is 10. The van der Waals surface area contributed by atoms with Gasteiger partial charge in [-0.05, 0) is 64.5 Å². The Morgan fingerprint density at radius 3 is 2.45 bits per heavy atom. The lowest BCUT2D eigenvalue weighted by molar-refractivity contribution is -0.138. The number of aromatic nitrogens is 2. The molecular formula is C25H34ClF3N4O4S. The number of benzene rings is 1. The van der Waals surface area contributed by atoms with Gasteiger partial charge in [0.25, 0.3) is 5.91 Å². The van der Waals surface area contributed by atoms with Gasteiger partial charge in [-0.2, -0.15) is 18.3 Å². The molecule has 13 heteroatoms. The van der Waals surface area contributed by atoms with Crippen molar-refractivity contribution in [2.45, 2.75) is 70.5 Å². The van der Waals surface area contributed by atoms with Crippen LogP contribution in [0, 0.1) is 5.92 Å². The largest absolute Gasteiger partial charge is 0.493 e. The Morgan fingerprint density at radius 2 is 1.89 bits per heavy atom. The number of hydrogen-bond acceptors (Lipinski definition) is 6. The summed E-state index contributed by atoms with van der Waals surface area (Å²) in [5.41, 5.74) is 1.18. The van der Waals surface area contributed by atoms with Gasteiger partial charge in [0.1, 0.15) is 21.6 Å². The number of aryl methyl sites for hydroxylation is 1. The zero-order chi connectivity index (χ0) is 28.3. The molecule has 2 aromatic rings. The first-order valence-electron chi connectivity index (χ1n) is 12.6. The van der Waals surface area contributed by atoms with Crippen LogP contribution in [-0.2, 0) is 16.4 Å². The van der Waals surface area contributed by atoms with E-state index in [0.29, 0.717) is 55.8 Å². The number of amides is 1. The highest BCUT2D eigenvalue weighted by molar-refractivity contribution is 7.91. The van der Waals surface area contributed by atoms with Gasteiger partial charge in [0, 0.05) is 36.7 Å². The van der Waals surface area contributed by atoms with Crippen LogP contribution in [0.25, 0.3) is 11.3 Å². The smallest absolute Gasteiger partial charge is 0.408 e. The number of ether oxygens (including phenoxy) is 1. The Labute approximate surface area is 226 Å². The van der Waals surface area contributed by atoms with E-state index in [-0.39, 0.29) is 34.2 Å². The Balaban J connectivity index is 1.80. The summed E-state index contributed by atoms with van der Waals surface area (Å²) in [6.07, 6.45) is -0.614. The van der Waals surface area contributed by atoms with E-state index < -0.39 is 28.0 Å². The number of hydrogen-bond donors (Lipinski definition) is 2. The molecule has 1 amide bonds. The molecule has 1 aromatic heterocycles. The molecule has 0 aliphatic heterocycles. The number of nitrogens with one attached hydrogen (secondary N) is 2. The maximum atomic E-state index is 13.0. The molecule has 1 fully saturated rings. The summed E-state index contributed by atoms with van der Waals surface area (Å²) in [7, 11) is -3.07. The summed E-state index contributed by atoms with van der Waals surface area (Å²) in [5.74, 6) is 0.00838. The lowest BCUT2D eigenvalue weighted by atomic mass is 9.89. The topological polar surface area (TPSA) is 102 Å². The lowest BCUT2D eigenvalue weighted by Crippen LogP contribution is -2.34. The second-order valence-electron chi connectivity index (χ2n) is 9.56. The predicted octanol–water partition coefficient (Wildman–Crippen LogP) is 5.32. The number of alkyl halides is 3. The van der Waals surface area contributed by atoms with E-state index in [1.165, 1.54) is 18.4 Å². The summed E-state index contributed by atoms with van der Waals surface area (Å²) < 4.78 is 69.9. The third-order valence-electron chi connectivity index (χ3n) is 6.77. The van der Waals surface area contributed by atoms with Crippen molar-refractivity contribution < 1.29 is 31.1 Å². The van der Waals surface area contributed by atoms with Crippen molar-refractivity contribution in [2.75, 3.05) is 24.7 Å². The van der Waals surface area contributed by atoms with Crippen molar-refractivity contribution in [1.82, 2.24) is 15.1 Å². The third kappa shape index (κ3) is 7.13. The predicted molar refractivity (Wildman–Crippen MR) is 142 cm³/mol. The summed E-state index contributed by atoms with van der Waals surface area (Å²) >= 11 is 6.65. The minimum absolute atomic E-state index is 0.0312. The molecule has 0 spiro atoms. The summed E-state index contributed by atoms with van der Waals surface area (Å²) in [6.45, 7) is 5.63. The van der Waals surface area contributed by atoms with E-state index in [4.69, 9.17) is 16.3 Å². The highest BCUT2D eigenvalue weighted by Gasteiger charge is 2.36. The van der Waals surface area contributed by atoms with Crippen LogP contribution in [0.4, 0.5) is 18.9 Å². The fourth-order valence-electron chi connectivity index (χ4n) is 4.57. The van der Waals surface area contributed by atoms with Gasteiger partial charge < -0.3 is 15.4 Å². The van der Waals surface area contributed by atoms with Crippen LogP contribution in [0.15, 0.2) is 18.2 Å². The van der Waals surface area contributed by atoms with Crippen molar-refractivity contribution in [3.05, 3.63) is 28.9 Å². The zero-order valence-corrected chi connectivity index (χ0v) is 23.4. The molecule has 1 saturated carbocycles. The van der Waals surface area contributed by atoms with Gasteiger partial charge in [0.05, 0.1) is 22.6 Å². The molecule has 8 nitrogen and oxygen atoms in total. The molecule has 3 rings (SSSR count). The van der Waals surface area contributed by atoms with E-state index >= 15 is 0 Å². The van der Waals surface area contributed by atoms with Crippen molar-refractivity contribution >= 4 is 33.0 Å². The molecule has 1 aliphatic rings. The van der Waals surface area contributed by atoms with Crippen LogP contribution in [0.2, 0.25) is 5.02 Å². The molecule has 1 unspecified atom stereocenters. The molecule has 0 saturated heterocycles. The molecule has 1 atom stereocenters. The normalized spacial score (nSPS) is 19.2. The van der Waals surface area contributed by atoms with Gasteiger partial charge in [0.2, 0.25) is 0 Å². The van der Waals surface area contributed by atoms with E-state index in [9.17, 15) is 26.4 Å². The van der Waals surface area contributed by atoms with E-state index in [1.54, 1.807) is 17.7 Å². The van der Waals surface area contributed by atoms with E-state index in [2.05, 4.69) is 15.7 Å². The average Bonchev–Trinajstić information content (AvgIpc) is 3.18. The van der Waals surface area contributed by atoms with Crippen LogP contribution in [0.3, 0.4) is 0 Å². The zero-order valence-electron chi connectivity index (χ0n) is 21.9. The van der Waals surface area contributed by atoms with Crippen LogP contribution < -0.4 is 15.4 Å². The maximum absolute atomic E-state index is 13.0. The maximum Gasteiger partial charge on any atom is 0.408 e. The second kappa shape index (κ2) is 12.1. The number of carbonyl (C=O) groups excluding carboxylic acids is 1. The Hall–Kier alpha value is -2.47. The van der Waals surface area contributed by atoms with Crippen LogP contribution >= 0.6 is 11.6 Å². The SMILES string of the molecule is CCOc1cc(NC(C)C(F)(F)F)ccc1-c1c(Cl)c(C(=O)NCC2CCC(S(C)(=O)=O)CC2)nn1CC. The third-order valence-corrected chi connectivity index (χ3v) is 8.81. The van der Waals surface area contributed by atoms with Crippen molar-refractivity contribution in [3.8, 4) is 17.0 Å². The fraction of sp³-hybridized carbons (Fsp3) is 0.600. The molecule has 212 valence electrons. The van der Waals surface area contributed by atoms with Crippen LogP contribution in [0.5, 0.6) is 5.75 Å². The van der Waals surface area contributed by atoms with Gasteiger partial charge in [-0.1, -0.05) is 11.6 Å². The Kier molecular flexibility index (Phi) is 9.62. The first kappa shape index (κ1) is 30.1. The standard InChI is InChI=1S/C25H34ClF3N4O4S/c1-5-33-23(19-12-9-17(13-20(19)37-6-2)31-15(3)25(27,28)29)21(26)22(32-33)24(34)30-14-16-7-10-18(11-8-16)38(4,35)36/h9,12-13,15-16,18,31H,5-8,10-11,14H2,1-4H3,(H,30,34). The van der Waals surface area contributed by atoms with Crippen LogP contribution in [-0.4, -0.2) is 61.0 Å². The fourth-order valence-corrected chi connectivity index (χ4v) is 6.02. The Morgan fingerprint density at radius 1 is 1.24 bits per heavy atom. The van der Waals surface area contributed by atoms with Gasteiger partial charge in [-0.15, -0.1) is 0 Å². The minimum Gasteiger partial charge on any atom is -0.493 e. The first-order valence-corrected chi connectivity index (χ1v) is 14.9. The monoisotopic (exact) mass is 578 g/mol. The van der Waals surface area contributed by atoms with Gasteiger partial charge >= 0.3 is 6.18 Å². The number of anilines is 1. The van der Waals surface area contributed by atoms with Crippen LogP contribution in [0.1, 0.15) is 56.9 Å². The number of halogens is 4. The average molecular weight is 579 g/mol. The highest BCUT2D eigenvalue weighted by atomic mass is 35.5. The second-order valence-corrected chi connectivity index (χ2v) is 12.3. The molecular weight excluding hydrogens is 545 g/mol. The molecule has 2 N–H and O–H groups in total. The van der Waals surface area contributed by atoms with Crippen molar-refractivity contribution in [2.24, 2.45) is 5.92 Å². The van der Waals surface area contributed by atoms with E-state index in [1.807, 2.05) is 6.92 Å². The lowest BCUT2D eigenvalue weighted by Gasteiger charge is -2.27. The van der Waals surface area contributed by atoms with E-state index in [0.717, 1.165) is 6.92 Å². The van der Waals surface area contributed by atoms with Gasteiger partial charge in [0.15, 0.2) is 5.69 Å². The molecule has 0 bridgehead atoms. The number of carbonyl (C=O) groups is 1. The quantitative estimate of drug-likeness (QED) is 0.396. The Bertz CT molecular complexity index is 1240. The molecule has 1 heterocycles. The molecule has 1 aliphatic carbocycles.